The van der Waals surface area contributed by atoms with Gasteiger partial charge in [-0.2, -0.15) is 0 Å². The predicted octanol–water partition coefficient (Wildman–Crippen LogP) is 1.66. The van der Waals surface area contributed by atoms with Crippen molar-refractivity contribution in [1.29, 1.82) is 0 Å². The monoisotopic (exact) mass is 255 g/mol. The summed E-state index contributed by atoms with van der Waals surface area (Å²) in [4.78, 5) is 21.8. The molecule has 0 bridgehead atoms. The summed E-state index contributed by atoms with van der Waals surface area (Å²) in [5, 5.41) is 0.330. The Morgan fingerprint density at radius 3 is 3.06 bits per heavy atom. The first-order chi connectivity index (χ1) is 8.22. The van der Waals surface area contributed by atoms with Crippen LogP contribution in [0.4, 0.5) is 5.82 Å². The average molecular weight is 256 g/mol. The van der Waals surface area contributed by atoms with E-state index in [4.69, 9.17) is 16.3 Å². The number of rotatable bonds is 2. The van der Waals surface area contributed by atoms with Crippen LogP contribution < -0.4 is 4.90 Å². The Morgan fingerprint density at radius 2 is 2.35 bits per heavy atom. The Kier molecular flexibility index (Phi) is 3.78. The lowest BCUT2D eigenvalue weighted by Gasteiger charge is -2.34. The van der Waals surface area contributed by atoms with Gasteiger partial charge in [0.2, 0.25) is 0 Å². The average Bonchev–Trinajstić information content (AvgIpc) is 2.38. The van der Waals surface area contributed by atoms with Crippen LogP contribution in [-0.4, -0.2) is 35.6 Å². The molecule has 0 spiro atoms. The van der Waals surface area contributed by atoms with E-state index in [0.29, 0.717) is 11.0 Å². The second-order valence-corrected chi connectivity index (χ2v) is 4.32. The van der Waals surface area contributed by atoms with E-state index in [1.807, 2.05) is 4.90 Å². The van der Waals surface area contributed by atoms with E-state index in [2.05, 4.69) is 9.97 Å². The summed E-state index contributed by atoms with van der Waals surface area (Å²) in [5.74, 6) is 0.402. The minimum Gasteiger partial charge on any atom is -0.467 e. The molecular weight excluding hydrogens is 242 g/mol. The molecule has 1 fully saturated rings. The fourth-order valence-electron chi connectivity index (χ4n) is 2.06. The number of hydrogen-bond acceptors (Lipinski definition) is 5. The minimum absolute atomic E-state index is 0.230. The van der Waals surface area contributed by atoms with Crippen molar-refractivity contribution in [2.24, 2.45) is 0 Å². The number of ether oxygens (including phenoxy) is 1. The van der Waals surface area contributed by atoms with Gasteiger partial charge in [-0.15, -0.1) is 0 Å². The fraction of sp³-hybridized carbons (Fsp3) is 0.545. The standard InChI is InChI=1S/C11H14ClN3O2/c1-17-11(16)8-4-2-3-5-15(8)10-7-13-6-9(12)14-10/h6-8H,2-5H2,1H3. The first kappa shape index (κ1) is 12.1. The van der Waals surface area contributed by atoms with Crippen molar-refractivity contribution >= 4 is 23.4 Å². The lowest BCUT2D eigenvalue weighted by Crippen LogP contribution is -2.45. The molecule has 1 aromatic rings. The van der Waals surface area contributed by atoms with E-state index in [1.54, 1.807) is 6.20 Å². The zero-order valence-electron chi connectivity index (χ0n) is 9.60. The molecule has 1 unspecified atom stereocenters. The number of nitrogens with zero attached hydrogens (tertiary/aromatic N) is 3. The Hall–Kier alpha value is -1.36. The number of carbonyl (C=O) groups excluding carboxylic acids is 1. The zero-order valence-corrected chi connectivity index (χ0v) is 10.4. The number of methoxy groups -OCH3 is 1. The summed E-state index contributed by atoms with van der Waals surface area (Å²) in [6.45, 7) is 0.773. The largest absolute Gasteiger partial charge is 0.467 e. The van der Waals surface area contributed by atoms with E-state index in [0.717, 1.165) is 25.8 Å². The van der Waals surface area contributed by atoms with Gasteiger partial charge in [-0.25, -0.2) is 9.78 Å². The Morgan fingerprint density at radius 1 is 1.53 bits per heavy atom. The number of halogens is 1. The molecule has 0 aromatic carbocycles. The van der Waals surface area contributed by atoms with Gasteiger partial charge in [0.25, 0.3) is 0 Å². The molecule has 2 rings (SSSR count). The van der Waals surface area contributed by atoms with Crippen LogP contribution in [0, 0.1) is 0 Å². The highest BCUT2D eigenvalue weighted by Gasteiger charge is 2.30. The van der Waals surface area contributed by atoms with Crippen LogP contribution in [0.25, 0.3) is 0 Å². The summed E-state index contributed by atoms with van der Waals surface area (Å²) in [6.07, 6.45) is 5.92. The Bertz CT molecular complexity index is 413. The molecule has 1 aliphatic heterocycles. The number of piperidine rings is 1. The molecular formula is C11H14ClN3O2. The molecule has 6 heteroatoms. The van der Waals surface area contributed by atoms with Gasteiger partial charge in [0.1, 0.15) is 17.0 Å². The van der Waals surface area contributed by atoms with E-state index >= 15 is 0 Å². The molecule has 0 radical (unpaired) electrons. The molecule has 0 aliphatic carbocycles. The van der Waals surface area contributed by atoms with Gasteiger partial charge in [-0.05, 0) is 19.3 Å². The molecule has 92 valence electrons. The first-order valence-electron chi connectivity index (χ1n) is 5.54. The van der Waals surface area contributed by atoms with Gasteiger partial charge in [0.05, 0.1) is 19.5 Å². The van der Waals surface area contributed by atoms with Gasteiger partial charge in [-0.3, -0.25) is 4.98 Å². The quantitative estimate of drug-likeness (QED) is 0.753. The van der Waals surface area contributed by atoms with Crippen molar-refractivity contribution in [2.75, 3.05) is 18.6 Å². The van der Waals surface area contributed by atoms with Crippen LogP contribution in [0.15, 0.2) is 12.4 Å². The summed E-state index contributed by atoms with van der Waals surface area (Å²) in [7, 11) is 1.40. The number of aromatic nitrogens is 2. The SMILES string of the molecule is COC(=O)C1CCCCN1c1cncc(Cl)n1. The van der Waals surface area contributed by atoms with Crippen molar-refractivity contribution in [3.05, 3.63) is 17.5 Å². The second-order valence-electron chi connectivity index (χ2n) is 3.93. The van der Waals surface area contributed by atoms with Gasteiger partial charge >= 0.3 is 5.97 Å². The maximum Gasteiger partial charge on any atom is 0.328 e. The molecule has 0 amide bonds. The predicted molar refractivity (Wildman–Crippen MR) is 64.0 cm³/mol. The Balaban J connectivity index is 2.24. The molecule has 1 aliphatic rings. The fourth-order valence-corrected chi connectivity index (χ4v) is 2.20. The normalized spacial score (nSPS) is 20.1. The number of hydrogen-bond donors (Lipinski definition) is 0. The van der Waals surface area contributed by atoms with E-state index in [1.165, 1.54) is 13.3 Å². The Labute approximate surface area is 105 Å². The maximum atomic E-state index is 11.7. The van der Waals surface area contributed by atoms with Crippen LogP contribution in [0.2, 0.25) is 5.15 Å². The van der Waals surface area contributed by atoms with Crippen LogP contribution in [0.3, 0.4) is 0 Å². The third-order valence-electron chi connectivity index (χ3n) is 2.86. The molecule has 17 heavy (non-hydrogen) atoms. The van der Waals surface area contributed by atoms with Crippen LogP contribution in [0.1, 0.15) is 19.3 Å². The van der Waals surface area contributed by atoms with Crippen LogP contribution in [0.5, 0.6) is 0 Å². The highest BCUT2D eigenvalue weighted by Crippen LogP contribution is 2.24. The van der Waals surface area contributed by atoms with Crippen molar-refractivity contribution in [1.82, 2.24) is 9.97 Å². The van der Waals surface area contributed by atoms with Crippen LogP contribution >= 0.6 is 11.6 Å². The van der Waals surface area contributed by atoms with Gasteiger partial charge in [0.15, 0.2) is 0 Å². The highest BCUT2D eigenvalue weighted by atomic mass is 35.5. The topological polar surface area (TPSA) is 55.3 Å². The molecule has 5 nitrogen and oxygen atoms in total. The third kappa shape index (κ3) is 2.66. The van der Waals surface area contributed by atoms with Crippen LogP contribution in [-0.2, 0) is 9.53 Å². The second kappa shape index (κ2) is 5.31. The van der Waals surface area contributed by atoms with Crippen molar-refractivity contribution in [2.45, 2.75) is 25.3 Å². The van der Waals surface area contributed by atoms with E-state index in [9.17, 15) is 4.79 Å². The summed E-state index contributed by atoms with van der Waals surface area (Å²) < 4.78 is 4.81. The summed E-state index contributed by atoms with van der Waals surface area (Å²) >= 11 is 5.81. The van der Waals surface area contributed by atoms with Gasteiger partial charge in [0, 0.05) is 6.54 Å². The van der Waals surface area contributed by atoms with Gasteiger partial charge < -0.3 is 9.64 Å². The zero-order chi connectivity index (χ0) is 12.3. The third-order valence-corrected chi connectivity index (χ3v) is 3.04. The summed E-state index contributed by atoms with van der Waals surface area (Å²) in [6, 6.07) is -0.276. The lowest BCUT2D eigenvalue weighted by atomic mass is 10.0. The number of esters is 1. The molecule has 0 N–H and O–H groups in total. The van der Waals surface area contributed by atoms with Crippen molar-refractivity contribution in [3.63, 3.8) is 0 Å². The number of anilines is 1. The molecule has 1 atom stereocenters. The number of carbonyl (C=O) groups is 1. The lowest BCUT2D eigenvalue weighted by molar-refractivity contribution is -0.142. The maximum absolute atomic E-state index is 11.7. The van der Waals surface area contributed by atoms with Crippen molar-refractivity contribution in [3.8, 4) is 0 Å². The summed E-state index contributed by atoms with van der Waals surface area (Å²) in [5.41, 5.74) is 0. The molecule has 0 saturated carbocycles. The smallest absolute Gasteiger partial charge is 0.328 e. The van der Waals surface area contributed by atoms with Crippen molar-refractivity contribution < 1.29 is 9.53 Å². The molecule has 1 aromatic heterocycles. The minimum atomic E-state index is -0.276. The van der Waals surface area contributed by atoms with E-state index in [-0.39, 0.29) is 12.0 Å². The molecule has 2 heterocycles. The molecule has 1 saturated heterocycles. The van der Waals surface area contributed by atoms with Gasteiger partial charge in [-0.1, -0.05) is 11.6 Å². The first-order valence-corrected chi connectivity index (χ1v) is 5.92. The highest BCUT2D eigenvalue weighted by molar-refractivity contribution is 6.29. The van der Waals surface area contributed by atoms with E-state index < -0.39 is 0 Å².